The largest absolute Gasteiger partial charge is 0.544 e. The Bertz CT molecular complexity index is 398. The molecule has 1 rings (SSSR count). The van der Waals surface area contributed by atoms with Gasteiger partial charge in [0.05, 0.1) is 12.5 Å². The second-order valence-corrected chi connectivity index (χ2v) is 7.48. The zero-order valence-corrected chi connectivity index (χ0v) is 16.2. The van der Waals surface area contributed by atoms with Gasteiger partial charge in [-0.1, -0.05) is 77.6 Å². The van der Waals surface area contributed by atoms with Gasteiger partial charge < -0.3 is 15.0 Å². The summed E-state index contributed by atoms with van der Waals surface area (Å²) in [7, 11) is 0. The van der Waals surface area contributed by atoms with Crippen molar-refractivity contribution >= 4 is 11.8 Å². The first kappa shape index (κ1) is 22.1. The lowest BCUT2D eigenvalue weighted by Gasteiger charge is -2.32. The van der Waals surface area contributed by atoms with Crippen LogP contribution in [-0.2, 0) is 4.79 Å². The van der Waals surface area contributed by atoms with E-state index in [1.807, 2.05) is 0 Å². The molecule has 25 heavy (non-hydrogen) atoms. The number of aliphatic hydroxyl groups excluding tert-OH is 1. The topological polar surface area (TPSA) is 72.7 Å². The van der Waals surface area contributed by atoms with E-state index in [0.29, 0.717) is 13.1 Å². The number of hydrogen-bond donors (Lipinski definition) is 1. The van der Waals surface area contributed by atoms with Crippen molar-refractivity contribution in [2.24, 2.45) is 4.99 Å². The number of amidine groups is 1. The van der Waals surface area contributed by atoms with Crippen molar-refractivity contribution in [2.75, 3.05) is 26.4 Å². The molecule has 0 radical (unpaired) electrons. The summed E-state index contributed by atoms with van der Waals surface area (Å²) in [6, 6.07) is 0. The fourth-order valence-corrected chi connectivity index (χ4v) is 3.71. The maximum Gasteiger partial charge on any atom is 0.200 e. The number of nitrogens with zero attached hydrogens (tertiary/aromatic N) is 2. The molecule has 1 aliphatic heterocycles. The summed E-state index contributed by atoms with van der Waals surface area (Å²) in [6.45, 7) is 3.10. The van der Waals surface area contributed by atoms with Crippen LogP contribution in [0.25, 0.3) is 0 Å². The van der Waals surface area contributed by atoms with E-state index in [0.717, 1.165) is 25.1 Å². The molecule has 1 aliphatic rings. The lowest BCUT2D eigenvalue weighted by molar-refractivity contribution is -0.851. The molecule has 5 heteroatoms. The summed E-state index contributed by atoms with van der Waals surface area (Å²) in [5, 5.41) is 20.6. The van der Waals surface area contributed by atoms with Crippen LogP contribution in [0.1, 0.15) is 90.4 Å². The van der Waals surface area contributed by atoms with Crippen LogP contribution < -0.4 is 5.11 Å². The molecule has 0 saturated carbocycles. The van der Waals surface area contributed by atoms with Crippen LogP contribution in [0.2, 0.25) is 0 Å². The summed E-state index contributed by atoms with van der Waals surface area (Å²) in [4.78, 5) is 15.4. The number of aliphatic carboxylic acids is 1. The number of quaternary nitrogens is 1. The minimum Gasteiger partial charge on any atom is -0.544 e. The van der Waals surface area contributed by atoms with E-state index in [4.69, 9.17) is 0 Å². The normalized spacial score (nSPS) is 20.0. The smallest absolute Gasteiger partial charge is 0.200 e. The fraction of sp³-hybridized carbons (Fsp3) is 0.900. The highest BCUT2D eigenvalue weighted by molar-refractivity contribution is 5.79. The van der Waals surface area contributed by atoms with Crippen molar-refractivity contribution in [3.8, 4) is 0 Å². The van der Waals surface area contributed by atoms with Gasteiger partial charge in [-0.15, -0.1) is 0 Å². The average molecular weight is 355 g/mol. The molecule has 1 N–H and O–H groups in total. The average Bonchev–Trinajstić information content (AvgIpc) is 2.98. The second-order valence-electron chi connectivity index (χ2n) is 7.48. The molecule has 0 saturated heterocycles. The zero-order valence-electron chi connectivity index (χ0n) is 16.2. The Labute approximate surface area is 153 Å². The van der Waals surface area contributed by atoms with Crippen LogP contribution in [0.4, 0.5) is 0 Å². The quantitative estimate of drug-likeness (QED) is 0.342. The number of aliphatic hydroxyl groups is 1. The first-order valence-electron chi connectivity index (χ1n) is 10.4. The first-order valence-corrected chi connectivity index (χ1v) is 10.4. The Kier molecular flexibility index (Phi) is 11.7. The maximum atomic E-state index is 10.9. The number of rotatable bonds is 16. The number of carboxylic acids is 1. The minimum atomic E-state index is -1.11. The first-order chi connectivity index (χ1) is 12.1. The highest BCUT2D eigenvalue weighted by atomic mass is 16.4. The molecule has 1 atom stereocenters. The van der Waals surface area contributed by atoms with Gasteiger partial charge in [-0.3, -0.25) is 4.48 Å². The molecule has 0 aromatic rings. The Morgan fingerprint density at radius 2 is 1.52 bits per heavy atom. The number of carboxylic acid groups (broad SMARTS) is 1. The lowest BCUT2D eigenvalue weighted by atomic mass is 10.0. The van der Waals surface area contributed by atoms with Gasteiger partial charge >= 0.3 is 0 Å². The van der Waals surface area contributed by atoms with Crippen molar-refractivity contribution in [2.45, 2.75) is 90.4 Å². The third-order valence-electron chi connectivity index (χ3n) is 5.33. The number of unbranched alkanes of at least 4 members (excludes halogenated alkanes) is 11. The molecular formula is C20H38N2O3. The van der Waals surface area contributed by atoms with E-state index >= 15 is 0 Å². The van der Waals surface area contributed by atoms with Gasteiger partial charge in [-0.2, -0.15) is 0 Å². The van der Waals surface area contributed by atoms with E-state index in [1.165, 1.54) is 64.2 Å². The SMILES string of the molecule is CCCCCCCCCCCCCCC1=NCC[N+]1(CO)CC(=O)[O-]. The van der Waals surface area contributed by atoms with Crippen LogP contribution >= 0.6 is 0 Å². The van der Waals surface area contributed by atoms with Gasteiger partial charge in [-0.25, -0.2) is 4.99 Å². The summed E-state index contributed by atoms with van der Waals surface area (Å²) >= 11 is 0. The van der Waals surface area contributed by atoms with Crippen molar-refractivity contribution in [3.05, 3.63) is 0 Å². The summed E-state index contributed by atoms with van der Waals surface area (Å²) in [5.74, 6) is -0.267. The third kappa shape index (κ3) is 8.82. The standard InChI is InChI=1S/C20H38N2O3/c1-2-3-4-5-6-7-8-9-10-11-12-13-14-19-21-15-16-22(19,18-23)17-20(24)25/h23H,2-18H2,1H3. The monoisotopic (exact) mass is 354 g/mol. The zero-order chi connectivity index (χ0) is 18.4. The molecule has 1 unspecified atom stereocenters. The van der Waals surface area contributed by atoms with E-state index in [1.54, 1.807) is 0 Å². The second kappa shape index (κ2) is 13.3. The number of aliphatic imine (C=N–C) groups is 1. The molecule has 0 fully saturated rings. The van der Waals surface area contributed by atoms with Gasteiger partial charge in [0.2, 0.25) is 5.84 Å². The molecule has 146 valence electrons. The van der Waals surface area contributed by atoms with Gasteiger partial charge in [0.1, 0.15) is 13.1 Å². The fourth-order valence-electron chi connectivity index (χ4n) is 3.71. The molecule has 0 bridgehead atoms. The van der Waals surface area contributed by atoms with Crippen LogP contribution in [0.5, 0.6) is 0 Å². The van der Waals surface area contributed by atoms with Crippen LogP contribution in [0.15, 0.2) is 4.99 Å². The minimum absolute atomic E-state index is 0.0837. The molecule has 0 aromatic carbocycles. The number of carbonyl (C=O) groups excluding carboxylic acids is 1. The highest BCUT2D eigenvalue weighted by Gasteiger charge is 2.37. The molecular weight excluding hydrogens is 316 g/mol. The number of carbonyl (C=O) groups is 1. The van der Waals surface area contributed by atoms with Crippen LogP contribution in [0, 0.1) is 0 Å². The molecule has 0 aromatic heterocycles. The molecule has 5 nitrogen and oxygen atoms in total. The van der Waals surface area contributed by atoms with E-state index in [9.17, 15) is 15.0 Å². The molecule has 1 heterocycles. The Hall–Kier alpha value is -0.940. The summed E-state index contributed by atoms with van der Waals surface area (Å²) in [6.07, 6.45) is 16.5. The van der Waals surface area contributed by atoms with Crippen LogP contribution in [0.3, 0.4) is 0 Å². The molecule has 0 spiro atoms. The maximum absolute atomic E-state index is 10.9. The summed E-state index contributed by atoms with van der Waals surface area (Å²) < 4.78 is 0.0837. The lowest BCUT2D eigenvalue weighted by Crippen LogP contribution is -2.56. The predicted octanol–water partition coefficient (Wildman–Crippen LogP) is 3.01. The Morgan fingerprint density at radius 1 is 1.00 bits per heavy atom. The van der Waals surface area contributed by atoms with Gasteiger partial charge in [0.25, 0.3) is 0 Å². The Balaban J connectivity index is 2.03. The Morgan fingerprint density at radius 3 is 2.00 bits per heavy atom. The highest BCUT2D eigenvalue weighted by Crippen LogP contribution is 2.19. The van der Waals surface area contributed by atoms with Gasteiger partial charge in [0, 0.05) is 6.42 Å². The molecule has 0 amide bonds. The number of hydrogen-bond acceptors (Lipinski definition) is 4. The van der Waals surface area contributed by atoms with Crippen molar-refractivity contribution in [1.29, 1.82) is 0 Å². The third-order valence-corrected chi connectivity index (χ3v) is 5.33. The van der Waals surface area contributed by atoms with Crippen molar-refractivity contribution in [3.63, 3.8) is 0 Å². The molecule has 0 aliphatic carbocycles. The van der Waals surface area contributed by atoms with Gasteiger partial charge in [0.15, 0.2) is 6.73 Å². The van der Waals surface area contributed by atoms with Crippen molar-refractivity contribution < 1.29 is 19.5 Å². The summed E-state index contributed by atoms with van der Waals surface area (Å²) in [5.41, 5.74) is 0. The van der Waals surface area contributed by atoms with E-state index in [-0.39, 0.29) is 17.8 Å². The van der Waals surface area contributed by atoms with Crippen molar-refractivity contribution in [1.82, 2.24) is 0 Å². The van der Waals surface area contributed by atoms with Gasteiger partial charge in [-0.05, 0) is 6.42 Å². The van der Waals surface area contributed by atoms with E-state index < -0.39 is 5.97 Å². The van der Waals surface area contributed by atoms with Crippen LogP contribution in [-0.4, -0.2) is 47.8 Å². The predicted molar refractivity (Wildman–Crippen MR) is 100 cm³/mol. The van der Waals surface area contributed by atoms with E-state index in [2.05, 4.69) is 11.9 Å².